The molecule has 13 rings (SSSR count). The monoisotopic (exact) mass is 804 g/mol. The molecule has 11 aromatic rings. The summed E-state index contributed by atoms with van der Waals surface area (Å²) in [4.78, 5) is 2.11. The van der Waals surface area contributed by atoms with Crippen molar-refractivity contribution in [2.75, 3.05) is 4.90 Å². The molecule has 2 aliphatic rings. The summed E-state index contributed by atoms with van der Waals surface area (Å²) in [6.45, 7) is 0. The first-order valence-electron chi connectivity index (χ1n) is 23.0. The third kappa shape index (κ3) is 5.25. The Morgan fingerprint density at radius 3 is 1.49 bits per heavy atom. The van der Waals surface area contributed by atoms with Gasteiger partial charge >= 0.3 is 0 Å². The maximum atomic E-state index is 10.3. The largest absolute Gasteiger partial charge is 0.456 e. The molecule has 1 aromatic heterocycles. The SMILES string of the molecule is [2H]c1c(-c2ccccc2)c([2H])c(N(c2ccc3c(c2)-c2ccccc2C32c3ccccc3-c3ccccc32)c2ccccc2-c2cccc3oc4ccccc4c23)c([2H])c1-c1ccccc1. The highest BCUT2D eigenvalue weighted by Gasteiger charge is 2.51. The van der Waals surface area contributed by atoms with Crippen LogP contribution in [0.2, 0.25) is 0 Å². The van der Waals surface area contributed by atoms with Crippen LogP contribution >= 0.6 is 0 Å². The molecule has 10 aromatic carbocycles. The van der Waals surface area contributed by atoms with Crippen LogP contribution < -0.4 is 4.90 Å². The molecule has 0 N–H and O–H groups in total. The summed E-state index contributed by atoms with van der Waals surface area (Å²) in [7, 11) is 0. The molecule has 0 bridgehead atoms. The third-order valence-corrected chi connectivity index (χ3v) is 13.2. The standard InChI is InChI=1S/C61H39NO/c1-3-18-40(19-4-1)42-36-43(41-20-5-2-6-21-41)38-45(37-42)62(57-31-15-10-25-49(57)50-27-17-33-59-60(50)51-26-11-16-32-58(51)63-59)44-34-35-56-52(39-44)48-24-9-14-30-55(48)61(56)53-28-12-7-22-46(53)47-23-8-13-29-54(47)61/h1-39H/i36D,37D,38D. The van der Waals surface area contributed by atoms with Gasteiger partial charge in [-0.1, -0.05) is 188 Å². The van der Waals surface area contributed by atoms with Gasteiger partial charge in [-0.25, -0.2) is 0 Å². The van der Waals surface area contributed by atoms with Crippen molar-refractivity contribution in [2.24, 2.45) is 0 Å². The van der Waals surface area contributed by atoms with Gasteiger partial charge in [0.1, 0.15) is 11.2 Å². The molecule has 0 radical (unpaired) electrons. The maximum Gasteiger partial charge on any atom is 0.136 e. The number of para-hydroxylation sites is 2. The van der Waals surface area contributed by atoms with Gasteiger partial charge in [-0.3, -0.25) is 0 Å². The van der Waals surface area contributed by atoms with Gasteiger partial charge in [-0.05, 0) is 121 Å². The average molecular weight is 805 g/mol. The first kappa shape index (κ1) is 32.6. The highest BCUT2D eigenvalue weighted by Crippen LogP contribution is 2.63. The first-order chi connectivity index (χ1) is 32.5. The Labute approximate surface area is 370 Å². The van der Waals surface area contributed by atoms with E-state index in [0.717, 1.165) is 66.7 Å². The minimum absolute atomic E-state index is 0.105. The number of hydrogen-bond acceptors (Lipinski definition) is 2. The molecule has 63 heavy (non-hydrogen) atoms. The van der Waals surface area contributed by atoms with E-state index >= 15 is 0 Å². The number of hydrogen-bond donors (Lipinski definition) is 0. The Hall–Kier alpha value is -8.20. The zero-order valence-corrected chi connectivity index (χ0v) is 34.1. The topological polar surface area (TPSA) is 16.4 Å². The lowest BCUT2D eigenvalue weighted by atomic mass is 9.70. The van der Waals surface area contributed by atoms with E-state index in [1.165, 1.54) is 33.4 Å². The van der Waals surface area contributed by atoms with Gasteiger partial charge in [0.2, 0.25) is 0 Å². The molecule has 1 heterocycles. The molecule has 294 valence electrons. The highest BCUT2D eigenvalue weighted by molar-refractivity contribution is 6.14. The number of fused-ring (bicyclic) bond motifs is 13. The summed E-state index contributed by atoms with van der Waals surface area (Å²) in [5.74, 6) is 0. The first-order valence-corrected chi connectivity index (χ1v) is 21.5. The van der Waals surface area contributed by atoms with Crippen LogP contribution in [0.4, 0.5) is 17.1 Å². The van der Waals surface area contributed by atoms with Gasteiger partial charge in [0, 0.05) is 27.7 Å². The molecular formula is C61H39NO. The molecule has 0 unspecified atom stereocenters. The number of rotatable bonds is 6. The predicted molar refractivity (Wildman–Crippen MR) is 261 cm³/mol. The zero-order valence-electron chi connectivity index (χ0n) is 37.1. The van der Waals surface area contributed by atoms with E-state index in [9.17, 15) is 4.11 Å². The molecule has 1 spiro atoms. The molecule has 2 aliphatic carbocycles. The molecule has 0 amide bonds. The minimum atomic E-state index is -0.534. The second-order valence-corrected chi connectivity index (χ2v) is 16.5. The Kier molecular flexibility index (Phi) is 7.19. The van der Waals surface area contributed by atoms with Crippen molar-refractivity contribution >= 4 is 39.0 Å². The fourth-order valence-corrected chi connectivity index (χ4v) is 10.6. The van der Waals surface area contributed by atoms with Gasteiger partial charge in [0.15, 0.2) is 0 Å². The lowest BCUT2D eigenvalue weighted by molar-refractivity contribution is 0.669. The molecule has 0 saturated heterocycles. The Bertz CT molecular complexity index is 3650. The van der Waals surface area contributed by atoms with Crippen LogP contribution in [0.3, 0.4) is 0 Å². The number of furan rings is 1. The van der Waals surface area contributed by atoms with Gasteiger partial charge in [0.05, 0.1) is 15.2 Å². The smallest absolute Gasteiger partial charge is 0.136 e. The summed E-state index contributed by atoms with van der Waals surface area (Å²) in [6, 6.07) is 75.7. The fraction of sp³-hybridized carbons (Fsp3) is 0.0164. The Morgan fingerprint density at radius 1 is 0.349 bits per heavy atom. The van der Waals surface area contributed by atoms with Crippen molar-refractivity contribution in [1.29, 1.82) is 0 Å². The lowest BCUT2D eigenvalue weighted by Crippen LogP contribution is -2.25. The van der Waals surface area contributed by atoms with Crippen LogP contribution in [-0.2, 0) is 5.41 Å². The van der Waals surface area contributed by atoms with Crippen LogP contribution in [0, 0.1) is 0 Å². The van der Waals surface area contributed by atoms with Gasteiger partial charge in [0.25, 0.3) is 0 Å². The van der Waals surface area contributed by atoms with Gasteiger partial charge in [-0.2, -0.15) is 0 Å². The number of benzene rings is 10. The number of nitrogens with zero attached hydrogens (tertiary/aromatic N) is 1. The number of anilines is 3. The summed E-state index contributed by atoms with van der Waals surface area (Å²) in [6.07, 6.45) is 0. The zero-order chi connectivity index (χ0) is 44.1. The van der Waals surface area contributed by atoms with Gasteiger partial charge < -0.3 is 9.32 Å². The summed E-state index contributed by atoms with van der Waals surface area (Å²) >= 11 is 0. The van der Waals surface area contributed by atoms with E-state index in [0.29, 0.717) is 16.8 Å². The molecule has 0 fully saturated rings. The Morgan fingerprint density at radius 2 is 0.841 bits per heavy atom. The van der Waals surface area contributed by atoms with Crippen LogP contribution in [-0.4, -0.2) is 0 Å². The van der Waals surface area contributed by atoms with Crippen LogP contribution in [0.1, 0.15) is 26.4 Å². The average Bonchev–Trinajstić information content (AvgIpc) is 4.00. The van der Waals surface area contributed by atoms with Crippen molar-refractivity contribution in [2.45, 2.75) is 5.41 Å². The minimum Gasteiger partial charge on any atom is -0.456 e. The van der Waals surface area contributed by atoms with E-state index < -0.39 is 5.41 Å². The van der Waals surface area contributed by atoms with Crippen molar-refractivity contribution in [3.05, 3.63) is 259 Å². The van der Waals surface area contributed by atoms with E-state index in [4.69, 9.17) is 4.42 Å². The molecular weight excluding hydrogens is 763 g/mol. The van der Waals surface area contributed by atoms with E-state index in [-0.39, 0.29) is 18.1 Å². The van der Waals surface area contributed by atoms with Crippen LogP contribution in [0.5, 0.6) is 0 Å². The van der Waals surface area contributed by atoms with E-state index in [2.05, 4.69) is 126 Å². The molecule has 2 heteroatoms. The van der Waals surface area contributed by atoms with Crippen molar-refractivity contribution < 1.29 is 8.53 Å². The van der Waals surface area contributed by atoms with E-state index in [1.807, 2.05) is 97.1 Å². The molecule has 2 nitrogen and oxygen atoms in total. The Balaban J connectivity index is 1.14. The lowest BCUT2D eigenvalue weighted by Gasteiger charge is -2.32. The summed E-state index contributed by atoms with van der Waals surface area (Å²) < 4.78 is 36.9. The fourth-order valence-electron chi connectivity index (χ4n) is 10.6. The van der Waals surface area contributed by atoms with Crippen molar-refractivity contribution in [3.8, 4) is 55.6 Å². The maximum absolute atomic E-state index is 10.3. The normalized spacial score (nSPS) is 13.6. The molecule has 0 aliphatic heterocycles. The second kappa shape index (κ2) is 13.9. The van der Waals surface area contributed by atoms with Crippen LogP contribution in [0.15, 0.2) is 241 Å². The second-order valence-electron chi connectivity index (χ2n) is 16.5. The molecule has 0 atom stereocenters. The van der Waals surface area contributed by atoms with Crippen molar-refractivity contribution in [3.63, 3.8) is 0 Å². The molecule has 0 saturated carbocycles. The quantitative estimate of drug-likeness (QED) is 0.166. The van der Waals surface area contributed by atoms with Gasteiger partial charge in [-0.15, -0.1) is 0 Å². The predicted octanol–water partition coefficient (Wildman–Crippen LogP) is 16.4. The summed E-state index contributed by atoms with van der Waals surface area (Å²) in [5, 5.41) is 2.01. The summed E-state index contributed by atoms with van der Waals surface area (Å²) in [5.41, 5.74) is 17.1. The van der Waals surface area contributed by atoms with Crippen molar-refractivity contribution in [1.82, 2.24) is 0 Å². The van der Waals surface area contributed by atoms with Crippen LogP contribution in [0.25, 0.3) is 77.6 Å². The van der Waals surface area contributed by atoms with E-state index in [1.54, 1.807) is 0 Å². The third-order valence-electron chi connectivity index (χ3n) is 13.2. The highest BCUT2D eigenvalue weighted by atomic mass is 16.3.